The normalized spacial score (nSPS) is 11.1. The Balaban J connectivity index is 1.82. The third-order valence-corrected chi connectivity index (χ3v) is 3.68. The van der Waals surface area contributed by atoms with Gasteiger partial charge in [0.15, 0.2) is 5.82 Å². The molecule has 0 atom stereocenters. The fourth-order valence-corrected chi connectivity index (χ4v) is 2.28. The average molecular weight is 343 g/mol. The van der Waals surface area contributed by atoms with Gasteiger partial charge in [-0.1, -0.05) is 23.7 Å². The van der Waals surface area contributed by atoms with Gasteiger partial charge in [0.25, 0.3) is 0 Å². The van der Waals surface area contributed by atoms with Crippen LogP contribution in [0.25, 0.3) is 0 Å². The van der Waals surface area contributed by atoms with Crippen LogP contribution in [-0.2, 0) is 6.42 Å². The molecule has 2 aromatic carbocycles. The summed E-state index contributed by atoms with van der Waals surface area (Å²) in [6.45, 7) is 0. The van der Waals surface area contributed by atoms with Gasteiger partial charge in [-0.2, -0.15) is 14.9 Å². The van der Waals surface area contributed by atoms with Crippen molar-refractivity contribution < 1.29 is 4.74 Å². The number of H-pyrrole nitrogens is 1. The molecular formula is C17H15ClN4O2. The maximum atomic E-state index is 11.9. The number of benzene rings is 2. The molecule has 0 radical (unpaired) electrons. The van der Waals surface area contributed by atoms with Crippen molar-refractivity contribution >= 4 is 17.8 Å². The van der Waals surface area contributed by atoms with Gasteiger partial charge in [-0.25, -0.2) is 9.89 Å². The Hall–Kier alpha value is -2.86. The van der Waals surface area contributed by atoms with Crippen LogP contribution in [-0.4, -0.2) is 28.2 Å². The average Bonchev–Trinajstić information content (AvgIpc) is 2.95. The van der Waals surface area contributed by atoms with Gasteiger partial charge in [0.2, 0.25) is 0 Å². The standard InChI is InChI=1S/C17H15ClN4O2/c1-24-15-8-4-13(5-9-15)11-19-22-16(20-21-17(22)23)10-12-2-6-14(18)7-3-12/h2-9,11H,10H2,1H3,(H,21,23)/b19-11+. The summed E-state index contributed by atoms with van der Waals surface area (Å²) in [7, 11) is 1.61. The highest BCUT2D eigenvalue weighted by Crippen LogP contribution is 2.12. The molecule has 0 unspecified atom stereocenters. The first-order valence-electron chi connectivity index (χ1n) is 7.25. The zero-order chi connectivity index (χ0) is 16.9. The summed E-state index contributed by atoms with van der Waals surface area (Å²) in [5.41, 5.74) is 1.45. The Bertz CT molecular complexity index is 896. The number of nitrogens with zero attached hydrogens (tertiary/aromatic N) is 3. The predicted octanol–water partition coefficient (Wildman–Crippen LogP) is 2.71. The van der Waals surface area contributed by atoms with E-state index in [1.807, 2.05) is 36.4 Å². The largest absolute Gasteiger partial charge is 0.497 e. The maximum Gasteiger partial charge on any atom is 0.364 e. The Morgan fingerprint density at radius 1 is 1.21 bits per heavy atom. The van der Waals surface area contributed by atoms with E-state index in [2.05, 4.69) is 15.3 Å². The number of ether oxygens (including phenoxy) is 1. The molecule has 1 heterocycles. The monoisotopic (exact) mass is 342 g/mol. The van der Waals surface area contributed by atoms with E-state index in [9.17, 15) is 4.79 Å². The number of nitrogens with one attached hydrogen (secondary N) is 1. The van der Waals surface area contributed by atoms with Gasteiger partial charge in [-0.05, 0) is 47.5 Å². The molecule has 0 aliphatic carbocycles. The van der Waals surface area contributed by atoms with Gasteiger partial charge in [0, 0.05) is 11.4 Å². The van der Waals surface area contributed by atoms with E-state index >= 15 is 0 Å². The van der Waals surface area contributed by atoms with Crippen molar-refractivity contribution in [1.29, 1.82) is 0 Å². The minimum absolute atomic E-state index is 0.385. The van der Waals surface area contributed by atoms with Crippen molar-refractivity contribution in [2.75, 3.05) is 7.11 Å². The minimum Gasteiger partial charge on any atom is -0.497 e. The maximum absolute atomic E-state index is 11.9. The minimum atomic E-state index is -0.385. The van der Waals surface area contributed by atoms with Crippen LogP contribution < -0.4 is 10.4 Å². The SMILES string of the molecule is COc1ccc(/C=N/n2c(Cc3ccc(Cl)cc3)n[nH]c2=O)cc1. The summed E-state index contributed by atoms with van der Waals surface area (Å²) in [6.07, 6.45) is 2.07. The van der Waals surface area contributed by atoms with Crippen LogP contribution in [0.3, 0.4) is 0 Å². The topological polar surface area (TPSA) is 72.3 Å². The van der Waals surface area contributed by atoms with Crippen molar-refractivity contribution in [2.24, 2.45) is 5.10 Å². The molecule has 0 saturated heterocycles. The van der Waals surface area contributed by atoms with E-state index in [-0.39, 0.29) is 5.69 Å². The lowest BCUT2D eigenvalue weighted by Crippen LogP contribution is -2.15. The molecule has 0 fully saturated rings. The lowest BCUT2D eigenvalue weighted by atomic mass is 10.1. The highest BCUT2D eigenvalue weighted by Gasteiger charge is 2.08. The van der Waals surface area contributed by atoms with E-state index in [0.717, 1.165) is 16.9 Å². The lowest BCUT2D eigenvalue weighted by molar-refractivity contribution is 0.415. The van der Waals surface area contributed by atoms with E-state index in [4.69, 9.17) is 16.3 Å². The summed E-state index contributed by atoms with van der Waals surface area (Å²) in [4.78, 5) is 11.9. The van der Waals surface area contributed by atoms with Crippen molar-refractivity contribution in [3.8, 4) is 5.75 Å². The number of methoxy groups -OCH3 is 1. The van der Waals surface area contributed by atoms with Crippen LogP contribution >= 0.6 is 11.6 Å². The molecule has 6 nitrogen and oxygen atoms in total. The summed E-state index contributed by atoms with van der Waals surface area (Å²) in [5, 5.41) is 11.3. The number of hydrogen-bond acceptors (Lipinski definition) is 4. The Kier molecular flexibility index (Phi) is 4.77. The molecule has 1 aromatic heterocycles. The number of aromatic nitrogens is 3. The van der Waals surface area contributed by atoms with Gasteiger partial charge < -0.3 is 4.74 Å². The number of halogens is 1. The van der Waals surface area contributed by atoms with Gasteiger partial charge in [0.1, 0.15) is 5.75 Å². The molecule has 7 heteroatoms. The van der Waals surface area contributed by atoms with Crippen molar-refractivity contribution in [3.05, 3.63) is 81.0 Å². The van der Waals surface area contributed by atoms with Crippen LogP contribution in [0.5, 0.6) is 5.75 Å². The molecular weight excluding hydrogens is 328 g/mol. The third-order valence-electron chi connectivity index (χ3n) is 3.43. The first kappa shape index (κ1) is 16.0. The highest BCUT2D eigenvalue weighted by molar-refractivity contribution is 6.30. The summed E-state index contributed by atoms with van der Waals surface area (Å²) >= 11 is 5.88. The first-order chi connectivity index (χ1) is 11.7. The Morgan fingerprint density at radius 2 is 1.92 bits per heavy atom. The second kappa shape index (κ2) is 7.14. The molecule has 0 spiro atoms. The zero-order valence-electron chi connectivity index (χ0n) is 12.9. The first-order valence-corrected chi connectivity index (χ1v) is 7.62. The predicted molar refractivity (Wildman–Crippen MR) is 93.1 cm³/mol. The molecule has 122 valence electrons. The number of aromatic amines is 1. The molecule has 1 N–H and O–H groups in total. The van der Waals surface area contributed by atoms with Crippen LogP contribution in [0.4, 0.5) is 0 Å². The molecule has 0 amide bonds. The summed E-state index contributed by atoms with van der Waals surface area (Å²) in [6, 6.07) is 14.7. The third kappa shape index (κ3) is 3.72. The fourth-order valence-electron chi connectivity index (χ4n) is 2.16. The van der Waals surface area contributed by atoms with Crippen molar-refractivity contribution in [2.45, 2.75) is 6.42 Å². The Labute approximate surface area is 143 Å². The molecule has 0 saturated carbocycles. The Morgan fingerprint density at radius 3 is 2.58 bits per heavy atom. The van der Waals surface area contributed by atoms with E-state index in [0.29, 0.717) is 17.3 Å². The van der Waals surface area contributed by atoms with Crippen LogP contribution in [0.1, 0.15) is 17.0 Å². The molecule has 3 rings (SSSR count). The van der Waals surface area contributed by atoms with Crippen LogP contribution in [0.15, 0.2) is 58.4 Å². The van der Waals surface area contributed by atoms with Gasteiger partial charge in [-0.3, -0.25) is 0 Å². The second-order valence-electron chi connectivity index (χ2n) is 5.08. The fraction of sp³-hybridized carbons (Fsp3) is 0.118. The molecule has 3 aromatic rings. The number of hydrogen-bond donors (Lipinski definition) is 1. The highest BCUT2D eigenvalue weighted by atomic mass is 35.5. The van der Waals surface area contributed by atoms with Crippen molar-refractivity contribution in [1.82, 2.24) is 14.9 Å². The second-order valence-corrected chi connectivity index (χ2v) is 5.51. The van der Waals surface area contributed by atoms with E-state index < -0.39 is 0 Å². The molecule has 0 aliphatic rings. The van der Waals surface area contributed by atoms with Gasteiger partial charge >= 0.3 is 5.69 Å². The van der Waals surface area contributed by atoms with Crippen LogP contribution in [0.2, 0.25) is 5.02 Å². The van der Waals surface area contributed by atoms with E-state index in [1.165, 1.54) is 4.68 Å². The van der Waals surface area contributed by atoms with E-state index in [1.54, 1.807) is 25.5 Å². The zero-order valence-corrected chi connectivity index (χ0v) is 13.7. The van der Waals surface area contributed by atoms with Gasteiger partial charge in [-0.15, -0.1) is 0 Å². The van der Waals surface area contributed by atoms with Gasteiger partial charge in [0.05, 0.1) is 13.3 Å². The summed E-state index contributed by atoms with van der Waals surface area (Å²) in [5.74, 6) is 1.28. The smallest absolute Gasteiger partial charge is 0.364 e. The quantitative estimate of drug-likeness (QED) is 0.724. The summed E-state index contributed by atoms with van der Waals surface area (Å²) < 4.78 is 6.36. The molecule has 0 aliphatic heterocycles. The van der Waals surface area contributed by atoms with Crippen LogP contribution in [0, 0.1) is 0 Å². The van der Waals surface area contributed by atoms with Crippen molar-refractivity contribution in [3.63, 3.8) is 0 Å². The molecule has 0 bridgehead atoms. The molecule has 24 heavy (non-hydrogen) atoms. The lowest BCUT2D eigenvalue weighted by Gasteiger charge is -2.01. The number of rotatable bonds is 5.